The van der Waals surface area contributed by atoms with E-state index in [0.717, 1.165) is 19.3 Å². The Morgan fingerprint density at radius 1 is 1.18 bits per heavy atom. The van der Waals surface area contributed by atoms with E-state index in [1.165, 1.54) is 23.1 Å². The molecule has 8 nitrogen and oxygen atoms in total. The summed E-state index contributed by atoms with van der Waals surface area (Å²) in [7, 11) is 0. The smallest absolute Gasteiger partial charge is 0.338 e. The molecule has 0 N–H and O–H groups in total. The van der Waals surface area contributed by atoms with Crippen LogP contribution in [0.2, 0.25) is 0 Å². The number of carbonyl (C=O) groups excluding carboxylic acids is 3. The first kappa shape index (κ1) is 19.7. The summed E-state index contributed by atoms with van der Waals surface area (Å²) in [4.78, 5) is 42.8. The van der Waals surface area contributed by atoms with Crippen LogP contribution in [0.5, 0.6) is 0 Å². The Morgan fingerprint density at radius 3 is 2.64 bits per heavy atom. The minimum Gasteiger partial charge on any atom is -0.449 e. The molecule has 0 saturated heterocycles. The summed E-state index contributed by atoms with van der Waals surface area (Å²) in [5.74, 6) is -0.546. The third kappa shape index (κ3) is 3.81. The zero-order chi connectivity index (χ0) is 20.3. The Balaban J connectivity index is 1.73. The van der Waals surface area contributed by atoms with Gasteiger partial charge in [-0.25, -0.2) is 4.79 Å². The maximum Gasteiger partial charge on any atom is 0.338 e. The molecule has 0 radical (unpaired) electrons. The molecule has 0 spiro atoms. The highest BCUT2D eigenvalue weighted by atomic mass is 16.6. The molecule has 28 heavy (non-hydrogen) atoms. The molecular formula is C20H23N3O5. The van der Waals surface area contributed by atoms with Gasteiger partial charge in [-0.3, -0.25) is 14.5 Å². The van der Waals surface area contributed by atoms with Crippen LogP contribution in [0.4, 0.5) is 0 Å². The molecule has 1 aliphatic heterocycles. The van der Waals surface area contributed by atoms with E-state index in [4.69, 9.17) is 9.26 Å². The summed E-state index contributed by atoms with van der Waals surface area (Å²) in [6.07, 6.45) is 2.45. The molecule has 1 aliphatic rings. The fraction of sp³-hybridized carbons (Fsp3) is 0.450. The zero-order valence-corrected chi connectivity index (χ0v) is 16.2. The minimum atomic E-state index is -0.725. The number of imide groups is 1. The first-order chi connectivity index (χ1) is 13.5. The van der Waals surface area contributed by atoms with Gasteiger partial charge < -0.3 is 9.26 Å². The highest BCUT2D eigenvalue weighted by Gasteiger charge is 2.35. The molecular weight excluding hydrogens is 362 g/mol. The van der Waals surface area contributed by atoms with Crippen molar-refractivity contribution in [3.63, 3.8) is 0 Å². The number of nitrogens with zero attached hydrogens (tertiary/aromatic N) is 3. The zero-order valence-electron chi connectivity index (χ0n) is 16.2. The predicted molar refractivity (Wildman–Crippen MR) is 98.8 cm³/mol. The Hall–Kier alpha value is -3.03. The number of hydrogen-bond acceptors (Lipinski definition) is 7. The molecule has 0 saturated carbocycles. The van der Waals surface area contributed by atoms with Gasteiger partial charge in [-0.05, 0) is 38.0 Å². The van der Waals surface area contributed by atoms with Crippen LogP contribution in [0, 0.1) is 0 Å². The summed E-state index contributed by atoms with van der Waals surface area (Å²) < 4.78 is 10.5. The highest BCUT2D eigenvalue weighted by molar-refractivity contribution is 6.21. The quantitative estimate of drug-likeness (QED) is 0.507. The number of benzene rings is 1. The largest absolute Gasteiger partial charge is 0.449 e. The Labute approximate surface area is 162 Å². The summed E-state index contributed by atoms with van der Waals surface area (Å²) >= 11 is 0. The maximum absolute atomic E-state index is 12.5. The van der Waals surface area contributed by atoms with Crippen molar-refractivity contribution >= 4 is 17.8 Å². The number of aryl methyl sites for hydroxylation is 1. The molecule has 3 rings (SSSR count). The SMILES string of the molecule is CCCCN1C(=O)c2ccc(C(=O)OC(C)c3nc(CCC)no3)cc2C1=O. The van der Waals surface area contributed by atoms with Crippen LogP contribution in [0.1, 0.15) is 88.9 Å². The first-order valence-electron chi connectivity index (χ1n) is 9.49. The van der Waals surface area contributed by atoms with Gasteiger partial charge in [-0.1, -0.05) is 25.4 Å². The van der Waals surface area contributed by atoms with Crippen LogP contribution in [-0.2, 0) is 11.2 Å². The summed E-state index contributed by atoms with van der Waals surface area (Å²) in [5, 5.41) is 3.84. The number of rotatable bonds is 8. The van der Waals surface area contributed by atoms with Crippen molar-refractivity contribution in [1.29, 1.82) is 0 Å². The van der Waals surface area contributed by atoms with Crippen molar-refractivity contribution in [1.82, 2.24) is 15.0 Å². The summed E-state index contributed by atoms with van der Waals surface area (Å²) in [6.45, 7) is 6.00. The molecule has 148 valence electrons. The van der Waals surface area contributed by atoms with Gasteiger partial charge in [0.05, 0.1) is 16.7 Å². The highest BCUT2D eigenvalue weighted by Crippen LogP contribution is 2.25. The van der Waals surface area contributed by atoms with Crippen molar-refractivity contribution < 1.29 is 23.6 Å². The third-order valence-electron chi connectivity index (χ3n) is 4.53. The number of hydrogen-bond donors (Lipinski definition) is 0. The molecule has 0 fully saturated rings. The molecule has 0 aliphatic carbocycles. The normalized spacial score (nSPS) is 14.3. The number of aromatic nitrogens is 2. The number of carbonyl (C=O) groups is 3. The van der Waals surface area contributed by atoms with Crippen LogP contribution in [0.25, 0.3) is 0 Å². The Bertz CT molecular complexity index is 905. The molecule has 0 bridgehead atoms. The fourth-order valence-electron chi connectivity index (χ4n) is 2.97. The van der Waals surface area contributed by atoms with Crippen molar-refractivity contribution in [2.45, 2.75) is 52.6 Å². The van der Waals surface area contributed by atoms with E-state index in [0.29, 0.717) is 24.4 Å². The van der Waals surface area contributed by atoms with Crippen LogP contribution in [0.3, 0.4) is 0 Å². The molecule has 1 atom stereocenters. The van der Waals surface area contributed by atoms with Crippen LogP contribution in [-0.4, -0.2) is 39.4 Å². The Morgan fingerprint density at radius 2 is 1.93 bits per heavy atom. The summed E-state index contributed by atoms with van der Waals surface area (Å²) in [6, 6.07) is 4.39. The molecule has 1 unspecified atom stereocenters. The molecule has 2 heterocycles. The minimum absolute atomic E-state index is 0.192. The van der Waals surface area contributed by atoms with Gasteiger partial charge in [0.25, 0.3) is 17.7 Å². The van der Waals surface area contributed by atoms with E-state index in [1.54, 1.807) is 6.92 Å². The van der Waals surface area contributed by atoms with Gasteiger partial charge in [-0.2, -0.15) is 4.98 Å². The van der Waals surface area contributed by atoms with Gasteiger partial charge in [-0.15, -0.1) is 0 Å². The van der Waals surface area contributed by atoms with E-state index >= 15 is 0 Å². The number of fused-ring (bicyclic) bond motifs is 1. The van der Waals surface area contributed by atoms with E-state index < -0.39 is 12.1 Å². The molecule has 1 aromatic carbocycles. The van der Waals surface area contributed by atoms with Crippen molar-refractivity contribution in [3.05, 3.63) is 46.6 Å². The number of ether oxygens (including phenoxy) is 1. The number of esters is 1. The lowest BCUT2D eigenvalue weighted by Crippen LogP contribution is -2.30. The number of amides is 2. The maximum atomic E-state index is 12.5. The molecule has 1 aromatic heterocycles. The third-order valence-corrected chi connectivity index (χ3v) is 4.53. The van der Waals surface area contributed by atoms with Crippen LogP contribution >= 0.6 is 0 Å². The van der Waals surface area contributed by atoms with Gasteiger partial charge in [0, 0.05) is 13.0 Å². The standard InChI is InChI=1S/C20H23N3O5/c1-4-6-10-23-18(24)14-9-8-13(11-15(14)19(23)25)20(26)27-12(3)17-21-16(7-5-2)22-28-17/h8-9,11-12H,4-7,10H2,1-3H3. The molecule has 8 heteroatoms. The van der Waals surface area contributed by atoms with E-state index in [-0.39, 0.29) is 28.8 Å². The summed E-state index contributed by atoms with van der Waals surface area (Å²) in [5.41, 5.74) is 0.732. The first-order valence-corrected chi connectivity index (χ1v) is 9.49. The van der Waals surface area contributed by atoms with Gasteiger partial charge in [0.15, 0.2) is 11.9 Å². The van der Waals surface area contributed by atoms with Gasteiger partial charge >= 0.3 is 5.97 Å². The van der Waals surface area contributed by atoms with E-state index in [2.05, 4.69) is 10.1 Å². The van der Waals surface area contributed by atoms with E-state index in [1.807, 2.05) is 13.8 Å². The second-order valence-corrected chi connectivity index (χ2v) is 6.72. The van der Waals surface area contributed by atoms with Crippen LogP contribution < -0.4 is 0 Å². The lowest BCUT2D eigenvalue weighted by atomic mass is 10.1. The second kappa shape index (κ2) is 8.33. The second-order valence-electron chi connectivity index (χ2n) is 6.72. The van der Waals surface area contributed by atoms with Crippen molar-refractivity contribution in [3.8, 4) is 0 Å². The lowest BCUT2D eigenvalue weighted by molar-refractivity contribution is 0.0265. The average molecular weight is 385 g/mol. The topological polar surface area (TPSA) is 103 Å². The van der Waals surface area contributed by atoms with E-state index in [9.17, 15) is 14.4 Å². The van der Waals surface area contributed by atoms with Crippen molar-refractivity contribution in [2.75, 3.05) is 6.54 Å². The monoisotopic (exact) mass is 385 g/mol. The number of unbranched alkanes of at least 4 members (excludes halogenated alkanes) is 1. The fourth-order valence-corrected chi connectivity index (χ4v) is 2.97. The van der Waals surface area contributed by atoms with Crippen molar-refractivity contribution in [2.24, 2.45) is 0 Å². The average Bonchev–Trinajstić information content (AvgIpc) is 3.24. The van der Waals surface area contributed by atoms with Gasteiger partial charge in [0.1, 0.15) is 0 Å². The molecule has 2 amide bonds. The predicted octanol–water partition coefficient (Wildman–Crippen LogP) is 3.34. The van der Waals surface area contributed by atoms with Crippen LogP contribution in [0.15, 0.2) is 22.7 Å². The van der Waals surface area contributed by atoms with Gasteiger partial charge in [0.2, 0.25) is 0 Å². The molecule has 2 aromatic rings. The Kier molecular flexibility index (Phi) is 5.87. The lowest BCUT2D eigenvalue weighted by Gasteiger charge is -2.12.